The van der Waals surface area contributed by atoms with Crippen LogP contribution in [0, 0.1) is 17.2 Å². The van der Waals surface area contributed by atoms with Gasteiger partial charge in [0.1, 0.15) is 0 Å². The van der Waals surface area contributed by atoms with Gasteiger partial charge >= 0.3 is 0 Å². The monoisotopic (exact) mass is 223 g/mol. The highest BCUT2D eigenvalue weighted by molar-refractivity contribution is 5.75. The molecule has 1 rings (SSSR count). The van der Waals surface area contributed by atoms with Gasteiger partial charge in [-0.1, -0.05) is 0 Å². The van der Waals surface area contributed by atoms with E-state index in [-0.39, 0.29) is 5.91 Å². The Kier molecular flexibility index (Phi) is 5.87. The molecule has 1 N–H and O–H groups in total. The number of rotatable bonds is 5. The van der Waals surface area contributed by atoms with Crippen molar-refractivity contribution in [2.24, 2.45) is 5.92 Å². The molecule has 1 amide bonds. The van der Waals surface area contributed by atoms with Crippen molar-refractivity contribution < 1.29 is 4.79 Å². The van der Waals surface area contributed by atoms with Gasteiger partial charge in [-0.3, -0.25) is 4.79 Å². The lowest BCUT2D eigenvalue weighted by molar-refractivity contribution is -0.121. The summed E-state index contributed by atoms with van der Waals surface area (Å²) < 4.78 is 0. The number of nitrogens with one attached hydrogen (secondary N) is 1. The fraction of sp³-hybridized carbons (Fsp3) is 0.833. The van der Waals surface area contributed by atoms with E-state index in [1.54, 1.807) is 0 Å². The van der Waals surface area contributed by atoms with Gasteiger partial charge in [0.15, 0.2) is 0 Å². The van der Waals surface area contributed by atoms with Gasteiger partial charge in [-0.25, -0.2) is 0 Å². The van der Waals surface area contributed by atoms with Crippen molar-refractivity contribution in [3.05, 3.63) is 0 Å². The zero-order chi connectivity index (χ0) is 11.8. The summed E-state index contributed by atoms with van der Waals surface area (Å²) >= 11 is 0. The lowest BCUT2D eigenvalue weighted by Crippen LogP contribution is -2.32. The summed E-state index contributed by atoms with van der Waals surface area (Å²) in [5.41, 5.74) is 0. The molecule has 1 saturated heterocycles. The quantitative estimate of drug-likeness (QED) is 0.760. The molecule has 0 spiro atoms. The first kappa shape index (κ1) is 13.0. The number of carbonyl (C=O) groups excluding carboxylic acids is 1. The molecule has 0 radical (unpaired) electrons. The average molecular weight is 223 g/mol. The molecule has 0 aromatic carbocycles. The number of hydrogen-bond acceptors (Lipinski definition) is 3. The van der Waals surface area contributed by atoms with Crippen LogP contribution in [0.15, 0.2) is 0 Å². The molecule has 0 aliphatic carbocycles. The van der Waals surface area contributed by atoms with E-state index in [4.69, 9.17) is 5.26 Å². The Morgan fingerprint density at radius 1 is 1.50 bits per heavy atom. The molecule has 1 heterocycles. The van der Waals surface area contributed by atoms with E-state index in [0.29, 0.717) is 12.8 Å². The predicted octanol–water partition coefficient (Wildman–Crippen LogP) is 1.14. The highest BCUT2D eigenvalue weighted by atomic mass is 16.1. The van der Waals surface area contributed by atoms with Crippen molar-refractivity contribution >= 4 is 5.91 Å². The van der Waals surface area contributed by atoms with E-state index in [1.165, 1.54) is 25.9 Å². The average Bonchev–Trinajstić information content (AvgIpc) is 2.29. The largest absolute Gasteiger partial charge is 0.356 e. The molecule has 4 nitrogen and oxygen atoms in total. The third-order valence-corrected chi connectivity index (χ3v) is 3.18. The highest BCUT2D eigenvalue weighted by Crippen LogP contribution is 2.18. The zero-order valence-corrected chi connectivity index (χ0v) is 10.0. The molecule has 0 unspecified atom stereocenters. The van der Waals surface area contributed by atoms with Crippen LogP contribution in [0.4, 0.5) is 0 Å². The number of hydrogen-bond donors (Lipinski definition) is 1. The first-order valence-corrected chi connectivity index (χ1v) is 6.04. The molecule has 0 saturated carbocycles. The second kappa shape index (κ2) is 7.24. The van der Waals surface area contributed by atoms with Gasteiger partial charge in [0.25, 0.3) is 0 Å². The van der Waals surface area contributed by atoms with E-state index < -0.39 is 0 Å². The third kappa shape index (κ3) is 5.13. The summed E-state index contributed by atoms with van der Waals surface area (Å²) in [6, 6.07) is 1.98. The Balaban J connectivity index is 2.03. The minimum absolute atomic E-state index is 0.00878. The number of carbonyl (C=O) groups is 1. The lowest BCUT2D eigenvalue weighted by Gasteiger charge is -2.28. The predicted molar refractivity (Wildman–Crippen MR) is 62.7 cm³/mol. The molecule has 0 aromatic heterocycles. The maximum absolute atomic E-state index is 11.2. The van der Waals surface area contributed by atoms with E-state index in [0.717, 1.165) is 18.9 Å². The normalized spacial score (nSPS) is 18.0. The van der Waals surface area contributed by atoms with Crippen molar-refractivity contribution in [3.8, 4) is 6.07 Å². The van der Waals surface area contributed by atoms with Gasteiger partial charge in [-0.15, -0.1) is 0 Å². The van der Waals surface area contributed by atoms with E-state index in [9.17, 15) is 4.79 Å². The Labute approximate surface area is 97.6 Å². The Hall–Kier alpha value is -1.08. The van der Waals surface area contributed by atoms with Crippen LogP contribution in [-0.4, -0.2) is 37.5 Å². The van der Waals surface area contributed by atoms with Crippen molar-refractivity contribution in [2.45, 2.75) is 32.1 Å². The molecule has 1 fully saturated rings. The summed E-state index contributed by atoms with van der Waals surface area (Å²) in [4.78, 5) is 13.6. The summed E-state index contributed by atoms with van der Waals surface area (Å²) in [6.07, 6.45) is 4.21. The van der Waals surface area contributed by atoms with Gasteiger partial charge in [0.2, 0.25) is 5.91 Å². The standard InChI is InChI=1S/C12H21N3O/c1-15-9-5-11(6-10-15)4-8-14-12(16)3-2-7-13/h11H,2-6,8-10H2,1H3,(H,14,16). The molecule has 0 bridgehead atoms. The van der Waals surface area contributed by atoms with Crippen LogP contribution in [0.1, 0.15) is 32.1 Å². The topological polar surface area (TPSA) is 56.1 Å². The first-order chi connectivity index (χ1) is 7.72. The zero-order valence-electron chi connectivity index (χ0n) is 10.0. The van der Waals surface area contributed by atoms with Crippen LogP contribution in [0.25, 0.3) is 0 Å². The molecular weight excluding hydrogens is 202 g/mol. The fourth-order valence-corrected chi connectivity index (χ4v) is 2.02. The van der Waals surface area contributed by atoms with Crippen LogP contribution in [0.2, 0.25) is 0 Å². The van der Waals surface area contributed by atoms with E-state index in [2.05, 4.69) is 17.3 Å². The third-order valence-electron chi connectivity index (χ3n) is 3.18. The van der Waals surface area contributed by atoms with Gasteiger partial charge in [0, 0.05) is 19.4 Å². The van der Waals surface area contributed by atoms with Crippen molar-refractivity contribution in [2.75, 3.05) is 26.7 Å². The van der Waals surface area contributed by atoms with E-state index in [1.807, 2.05) is 6.07 Å². The highest BCUT2D eigenvalue weighted by Gasteiger charge is 2.16. The smallest absolute Gasteiger partial charge is 0.221 e. The Bertz CT molecular complexity index is 251. The molecule has 90 valence electrons. The number of nitriles is 1. The van der Waals surface area contributed by atoms with Gasteiger partial charge < -0.3 is 10.2 Å². The maximum Gasteiger partial charge on any atom is 0.221 e. The van der Waals surface area contributed by atoms with Crippen LogP contribution < -0.4 is 5.32 Å². The molecule has 1 aliphatic heterocycles. The summed E-state index contributed by atoms with van der Waals surface area (Å²) in [7, 11) is 2.15. The second-order valence-electron chi connectivity index (χ2n) is 4.54. The number of amides is 1. The SMILES string of the molecule is CN1CCC(CCNC(=O)CCC#N)CC1. The summed E-state index contributed by atoms with van der Waals surface area (Å²) in [6.45, 7) is 3.11. The molecule has 1 aliphatic rings. The van der Waals surface area contributed by atoms with E-state index >= 15 is 0 Å². The first-order valence-electron chi connectivity index (χ1n) is 6.04. The van der Waals surface area contributed by atoms with Crippen molar-refractivity contribution in [1.82, 2.24) is 10.2 Å². The van der Waals surface area contributed by atoms with Crippen molar-refractivity contribution in [3.63, 3.8) is 0 Å². The molecule has 16 heavy (non-hydrogen) atoms. The molecule has 4 heteroatoms. The number of piperidine rings is 1. The van der Waals surface area contributed by atoms with Crippen LogP contribution >= 0.6 is 0 Å². The minimum atomic E-state index is 0.00878. The van der Waals surface area contributed by atoms with Gasteiger partial charge in [0.05, 0.1) is 6.07 Å². The number of nitrogens with zero attached hydrogens (tertiary/aromatic N) is 2. The van der Waals surface area contributed by atoms with Gasteiger partial charge in [-0.2, -0.15) is 5.26 Å². The molecule has 0 atom stereocenters. The second-order valence-corrected chi connectivity index (χ2v) is 4.54. The minimum Gasteiger partial charge on any atom is -0.356 e. The summed E-state index contributed by atoms with van der Waals surface area (Å²) in [5, 5.41) is 11.2. The Morgan fingerprint density at radius 3 is 2.81 bits per heavy atom. The van der Waals surface area contributed by atoms with Crippen LogP contribution in [-0.2, 0) is 4.79 Å². The maximum atomic E-state index is 11.2. The fourth-order valence-electron chi connectivity index (χ4n) is 2.02. The Morgan fingerprint density at radius 2 is 2.19 bits per heavy atom. The van der Waals surface area contributed by atoms with Crippen LogP contribution in [0.5, 0.6) is 0 Å². The van der Waals surface area contributed by atoms with Crippen LogP contribution in [0.3, 0.4) is 0 Å². The van der Waals surface area contributed by atoms with Crippen molar-refractivity contribution in [1.29, 1.82) is 5.26 Å². The number of likely N-dealkylation sites (tertiary alicyclic amines) is 1. The summed E-state index contributed by atoms with van der Waals surface area (Å²) in [5.74, 6) is 0.766. The molecular formula is C12H21N3O. The lowest BCUT2D eigenvalue weighted by atomic mass is 9.94. The molecule has 0 aromatic rings. The van der Waals surface area contributed by atoms with Gasteiger partial charge in [-0.05, 0) is 45.3 Å².